The van der Waals surface area contributed by atoms with Crippen molar-refractivity contribution in [1.29, 1.82) is 0 Å². The lowest BCUT2D eigenvalue weighted by Crippen LogP contribution is -1.66. The summed E-state index contributed by atoms with van der Waals surface area (Å²) in [6.45, 7) is 0. The predicted molar refractivity (Wildman–Crippen MR) is 64.9 cm³/mol. The molecule has 1 aromatic heterocycles. The summed E-state index contributed by atoms with van der Waals surface area (Å²) in [5, 5.41) is 0. The van der Waals surface area contributed by atoms with Gasteiger partial charge in [0.15, 0.2) is 0 Å². The highest BCUT2D eigenvalue weighted by Gasteiger charge is 2.00. The molecular formula is C11H14NO4P. The van der Waals surface area contributed by atoms with Crippen LogP contribution in [0.3, 0.4) is 0 Å². The molecule has 17 heavy (non-hydrogen) atoms. The van der Waals surface area contributed by atoms with Gasteiger partial charge in [-0.2, -0.15) is 0 Å². The summed E-state index contributed by atoms with van der Waals surface area (Å²) in [6.07, 6.45) is 3.50. The molecule has 0 bridgehead atoms. The number of aromatic nitrogens is 1. The second-order valence-electron chi connectivity index (χ2n) is 2.69. The van der Waals surface area contributed by atoms with E-state index in [1.54, 1.807) is 12.4 Å². The maximum absolute atomic E-state index is 8.88. The van der Waals surface area contributed by atoms with Crippen LogP contribution in [0.5, 0.6) is 0 Å². The Bertz CT molecular complexity index is 311. The largest absolute Gasteiger partial charge is 0.466 e. The molecule has 3 N–H and O–H groups in total. The van der Waals surface area contributed by atoms with Crippen LogP contribution < -0.4 is 0 Å². The lowest BCUT2D eigenvalue weighted by atomic mass is 10.4. The lowest BCUT2D eigenvalue weighted by molar-refractivity contribution is 0.275. The van der Waals surface area contributed by atoms with Gasteiger partial charge in [-0.25, -0.2) is 4.57 Å². The molecule has 0 saturated heterocycles. The highest BCUT2D eigenvalue weighted by atomic mass is 31.2. The third-order valence-corrected chi connectivity index (χ3v) is 1.23. The molecule has 0 atom stereocenters. The monoisotopic (exact) mass is 255 g/mol. The van der Waals surface area contributed by atoms with E-state index >= 15 is 0 Å². The van der Waals surface area contributed by atoms with Crippen molar-refractivity contribution in [2.45, 2.75) is 0 Å². The van der Waals surface area contributed by atoms with E-state index in [0.717, 1.165) is 0 Å². The minimum Gasteiger partial charge on any atom is -0.303 e. The summed E-state index contributed by atoms with van der Waals surface area (Å²) >= 11 is 0. The van der Waals surface area contributed by atoms with Crippen molar-refractivity contribution in [3.63, 3.8) is 0 Å². The average Bonchev–Trinajstić information content (AvgIpc) is 2.32. The lowest BCUT2D eigenvalue weighted by Gasteiger charge is -1.82. The van der Waals surface area contributed by atoms with Gasteiger partial charge in [0.2, 0.25) is 0 Å². The van der Waals surface area contributed by atoms with Gasteiger partial charge < -0.3 is 14.7 Å². The van der Waals surface area contributed by atoms with Gasteiger partial charge in [0.25, 0.3) is 0 Å². The van der Waals surface area contributed by atoms with Crippen LogP contribution in [-0.4, -0.2) is 19.7 Å². The van der Waals surface area contributed by atoms with E-state index in [4.69, 9.17) is 19.2 Å². The molecule has 0 aliphatic heterocycles. The predicted octanol–water partition coefficient (Wildman–Crippen LogP) is 1.84. The fourth-order valence-corrected chi connectivity index (χ4v) is 0.698. The summed E-state index contributed by atoms with van der Waals surface area (Å²) in [6, 6.07) is 17.7. The molecule has 2 aromatic rings. The van der Waals surface area contributed by atoms with Gasteiger partial charge in [-0.1, -0.05) is 42.5 Å². The average molecular weight is 255 g/mol. The maximum atomic E-state index is 8.88. The number of pyridine rings is 1. The summed E-state index contributed by atoms with van der Waals surface area (Å²) in [5.74, 6) is 0. The fourth-order valence-electron chi connectivity index (χ4n) is 0.698. The Morgan fingerprint density at radius 3 is 1.00 bits per heavy atom. The molecule has 6 heteroatoms. The van der Waals surface area contributed by atoms with Crippen LogP contribution in [0.2, 0.25) is 0 Å². The van der Waals surface area contributed by atoms with Crippen LogP contribution in [0.4, 0.5) is 0 Å². The first-order chi connectivity index (χ1) is 8.00. The molecule has 0 saturated carbocycles. The first-order valence-electron chi connectivity index (χ1n) is 4.63. The normalized spacial score (nSPS) is 9.12. The van der Waals surface area contributed by atoms with E-state index in [0.29, 0.717) is 0 Å². The van der Waals surface area contributed by atoms with Gasteiger partial charge in [-0.05, 0) is 12.1 Å². The molecule has 1 aromatic carbocycles. The van der Waals surface area contributed by atoms with E-state index < -0.39 is 7.82 Å². The summed E-state index contributed by atoms with van der Waals surface area (Å²) < 4.78 is 8.88. The molecule has 1 heterocycles. The fraction of sp³-hybridized carbons (Fsp3) is 0. The van der Waals surface area contributed by atoms with Crippen LogP contribution in [0.1, 0.15) is 0 Å². The third-order valence-electron chi connectivity index (χ3n) is 1.23. The topological polar surface area (TPSA) is 90.7 Å². The van der Waals surface area contributed by atoms with E-state index in [2.05, 4.69) is 4.98 Å². The summed E-state index contributed by atoms with van der Waals surface area (Å²) in [5.41, 5.74) is 0. The minimum absolute atomic E-state index is 1.75. The van der Waals surface area contributed by atoms with Crippen LogP contribution >= 0.6 is 7.82 Å². The zero-order valence-corrected chi connectivity index (χ0v) is 9.89. The number of rotatable bonds is 0. The molecule has 0 aliphatic carbocycles. The highest BCUT2D eigenvalue weighted by Crippen LogP contribution is 2.25. The van der Waals surface area contributed by atoms with Crippen LogP contribution in [0.15, 0.2) is 67.0 Å². The molecule has 92 valence electrons. The van der Waals surface area contributed by atoms with Gasteiger partial charge in [0.1, 0.15) is 0 Å². The first-order valence-corrected chi connectivity index (χ1v) is 6.20. The number of hydrogen-bond acceptors (Lipinski definition) is 2. The van der Waals surface area contributed by atoms with Crippen molar-refractivity contribution in [2.24, 2.45) is 0 Å². The highest BCUT2D eigenvalue weighted by molar-refractivity contribution is 7.45. The molecule has 0 radical (unpaired) electrons. The second kappa shape index (κ2) is 9.69. The van der Waals surface area contributed by atoms with Gasteiger partial charge >= 0.3 is 7.82 Å². The van der Waals surface area contributed by atoms with Gasteiger partial charge in [-0.15, -0.1) is 0 Å². The minimum atomic E-state index is -4.64. The number of nitrogens with zero attached hydrogens (tertiary/aromatic N) is 1. The molecule has 5 nitrogen and oxygen atoms in total. The number of benzene rings is 1. The Balaban J connectivity index is 0.000000228. The van der Waals surface area contributed by atoms with Gasteiger partial charge in [0.05, 0.1) is 0 Å². The van der Waals surface area contributed by atoms with Crippen molar-refractivity contribution < 1.29 is 19.2 Å². The van der Waals surface area contributed by atoms with E-state index in [1.807, 2.05) is 54.6 Å². The van der Waals surface area contributed by atoms with Crippen molar-refractivity contribution in [2.75, 3.05) is 0 Å². The summed E-state index contributed by atoms with van der Waals surface area (Å²) in [4.78, 5) is 25.3. The Morgan fingerprint density at radius 2 is 0.882 bits per heavy atom. The van der Waals surface area contributed by atoms with E-state index in [-0.39, 0.29) is 0 Å². The van der Waals surface area contributed by atoms with Crippen molar-refractivity contribution in [1.82, 2.24) is 4.98 Å². The van der Waals surface area contributed by atoms with Crippen molar-refractivity contribution in [3.05, 3.63) is 67.0 Å². The first kappa shape index (κ1) is 15.5. The molecule has 0 fully saturated rings. The van der Waals surface area contributed by atoms with Crippen LogP contribution in [0, 0.1) is 0 Å². The summed E-state index contributed by atoms with van der Waals surface area (Å²) in [7, 11) is -4.64. The molecule has 0 unspecified atom stereocenters. The molecule has 0 spiro atoms. The maximum Gasteiger partial charge on any atom is 0.466 e. The Labute approximate surface area is 99.7 Å². The zero-order valence-electron chi connectivity index (χ0n) is 9.00. The Morgan fingerprint density at radius 1 is 0.647 bits per heavy atom. The van der Waals surface area contributed by atoms with Crippen molar-refractivity contribution >= 4 is 7.82 Å². The molecule has 2 rings (SSSR count). The number of phosphoric acid groups is 1. The van der Waals surface area contributed by atoms with Gasteiger partial charge in [-0.3, -0.25) is 4.98 Å². The smallest absolute Gasteiger partial charge is 0.303 e. The Hall–Kier alpha value is -1.52. The quantitative estimate of drug-likeness (QED) is 0.625. The third kappa shape index (κ3) is 20.5. The van der Waals surface area contributed by atoms with Crippen LogP contribution in [0.25, 0.3) is 0 Å². The van der Waals surface area contributed by atoms with Gasteiger partial charge in [0, 0.05) is 12.4 Å². The zero-order chi connectivity index (χ0) is 13.0. The van der Waals surface area contributed by atoms with E-state index in [9.17, 15) is 0 Å². The Kier molecular flexibility index (Phi) is 8.82. The SMILES string of the molecule is O=P(O)(O)O.c1ccccc1.c1ccncc1. The van der Waals surface area contributed by atoms with Crippen LogP contribution in [-0.2, 0) is 4.57 Å². The molecular weight excluding hydrogens is 241 g/mol. The van der Waals surface area contributed by atoms with E-state index in [1.165, 1.54) is 0 Å². The molecule has 0 amide bonds. The standard InChI is InChI=1S/C6H6.C5H5N.H3O4P/c2*1-2-4-6-5-3-1;1-5(2,3)4/h1-6H;1-5H;(H3,1,2,3,4). The molecule has 0 aliphatic rings. The second-order valence-corrected chi connectivity index (χ2v) is 3.72. The number of hydrogen-bond donors (Lipinski definition) is 3. The van der Waals surface area contributed by atoms with Crippen molar-refractivity contribution in [3.8, 4) is 0 Å².